The summed E-state index contributed by atoms with van der Waals surface area (Å²) < 4.78 is 5.19. The monoisotopic (exact) mass is 241 g/mol. The van der Waals surface area contributed by atoms with Crippen molar-refractivity contribution in [2.75, 3.05) is 6.54 Å². The van der Waals surface area contributed by atoms with Gasteiger partial charge in [0, 0.05) is 13.0 Å². The standard InChI is InChI=1S/C12H19NO4/c1-8(14)10-9(15)6-5-7-13(10)11(16)17-12(2,3)4/h10H,5-7H2,1-4H3. The van der Waals surface area contributed by atoms with Crippen molar-refractivity contribution in [3.63, 3.8) is 0 Å². The Labute approximate surface area is 101 Å². The van der Waals surface area contributed by atoms with E-state index in [1.165, 1.54) is 11.8 Å². The number of nitrogens with zero attached hydrogens (tertiary/aromatic N) is 1. The average Bonchev–Trinajstić information content (AvgIpc) is 2.13. The Morgan fingerprint density at radius 2 is 1.94 bits per heavy atom. The van der Waals surface area contributed by atoms with Crippen LogP contribution in [0.5, 0.6) is 0 Å². The fraction of sp³-hybridized carbons (Fsp3) is 0.750. The fourth-order valence-corrected chi connectivity index (χ4v) is 1.83. The first-order valence-corrected chi connectivity index (χ1v) is 5.75. The van der Waals surface area contributed by atoms with Gasteiger partial charge < -0.3 is 4.74 Å². The normalized spacial score (nSPS) is 21.3. The van der Waals surface area contributed by atoms with E-state index in [0.717, 1.165) is 0 Å². The predicted octanol–water partition coefficient (Wildman–Crippen LogP) is 1.54. The van der Waals surface area contributed by atoms with Crippen LogP contribution in [-0.4, -0.2) is 40.7 Å². The first-order valence-electron chi connectivity index (χ1n) is 5.75. The van der Waals surface area contributed by atoms with Gasteiger partial charge in [-0.05, 0) is 34.1 Å². The summed E-state index contributed by atoms with van der Waals surface area (Å²) in [7, 11) is 0. The number of hydrogen-bond acceptors (Lipinski definition) is 4. The van der Waals surface area contributed by atoms with Crippen LogP contribution in [0.1, 0.15) is 40.5 Å². The van der Waals surface area contributed by atoms with Gasteiger partial charge in [-0.1, -0.05) is 0 Å². The van der Waals surface area contributed by atoms with Gasteiger partial charge in [0.1, 0.15) is 5.60 Å². The third-order valence-electron chi connectivity index (χ3n) is 2.45. The molecule has 0 aromatic carbocycles. The summed E-state index contributed by atoms with van der Waals surface area (Å²) in [4.78, 5) is 36.2. The Morgan fingerprint density at radius 3 is 2.41 bits per heavy atom. The highest BCUT2D eigenvalue weighted by molar-refractivity contribution is 6.07. The summed E-state index contributed by atoms with van der Waals surface area (Å²) in [5, 5.41) is 0. The summed E-state index contributed by atoms with van der Waals surface area (Å²) in [5.41, 5.74) is -0.626. The van der Waals surface area contributed by atoms with Crippen molar-refractivity contribution in [1.29, 1.82) is 0 Å². The molecule has 0 aromatic heterocycles. The van der Waals surface area contributed by atoms with Crippen molar-refractivity contribution in [2.24, 2.45) is 0 Å². The molecule has 17 heavy (non-hydrogen) atoms. The van der Waals surface area contributed by atoms with Gasteiger partial charge in [-0.25, -0.2) is 4.79 Å². The summed E-state index contributed by atoms with van der Waals surface area (Å²) in [6.45, 7) is 6.97. The van der Waals surface area contributed by atoms with Crippen LogP contribution in [0.15, 0.2) is 0 Å². The van der Waals surface area contributed by atoms with E-state index in [-0.39, 0.29) is 11.6 Å². The number of carbonyl (C=O) groups is 3. The van der Waals surface area contributed by atoms with Gasteiger partial charge in [0.2, 0.25) is 0 Å². The van der Waals surface area contributed by atoms with Crippen molar-refractivity contribution in [3.05, 3.63) is 0 Å². The summed E-state index contributed by atoms with van der Waals surface area (Å²) >= 11 is 0. The molecule has 0 radical (unpaired) electrons. The number of amides is 1. The van der Waals surface area contributed by atoms with Gasteiger partial charge in [-0.3, -0.25) is 14.5 Å². The Morgan fingerprint density at radius 1 is 1.35 bits per heavy atom. The lowest BCUT2D eigenvalue weighted by Crippen LogP contribution is -2.53. The molecular formula is C12H19NO4. The molecule has 1 rings (SSSR count). The smallest absolute Gasteiger partial charge is 0.411 e. The zero-order valence-electron chi connectivity index (χ0n) is 10.8. The molecule has 1 fully saturated rings. The van der Waals surface area contributed by atoms with Crippen molar-refractivity contribution in [3.8, 4) is 0 Å². The molecule has 1 amide bonds. The van der Waals surface area contributed by atoms with Gasteiger partial charge >= 0.3 is 6.09 Å². The zero-order valence-corrected chi connectivity index (χ0v) is 10.8. The minimum absolute atomic E-state index is 0.199. The fourth-order valence-electron chi connectivity index (χ4n) is 1.83. The molecule has 0 spiro atoms. The molecule has 1 unspecified atom stereocenters. The van der Waals surface area contributed by atoms with Crippen LogP contribution in [0.3, 0.4) is 0 Å². The maximum atomic E-state index is 11.9. The van der Waals surface area contributed by atoms with Crippen molar-refractivity contribution in [1.82, 2.24) is 4.90 Å². The van der Waals surface area contributed by atoms with Crippen LogP contribution >= 0.6 is 0 Å². The molecule has 0 aliphatic carbocycles. The van der Waals surface area contributed by atoms with E-state index < -0.39 is 17.7 Å². The zero-order chi connectivity index (χ0) is 13.2. The second kappa shape index (κ2) is 4.85. The highest BCUT2D eigenvalue weighted by Crippen LogP contribution is 2.18. The van der Waals surface area contributed by atoms with E-state index in [1.807, 2.05) is 0 Å². The maximum Gasteiger partial charge on any atom is 0.411 e. The largest absolute Gasteiger partial charge is 0.444 e. The molecule has 1 heterocycles. The quantitative estimate of drug-likeness (QED) is 0.653. The van der Waals surface area contributed by atoms with Crippen molar-refractivity contribution in [2.45, 2.75) is 52.2 Å². The number of hydrogen-bond donors (Lipinski definition) is 0. The highest BCUT2D eigenvalue weighted by atomic mass is 16.6. The summed E-state index contributed by atoms with van der Waals surface area (Å²) in [5.74, 6) is -0.504. The number of likely N-dealkylation sites (tertiary alicyclic amines) is 1. The number of carbonyl (C=O) groups excluding carboxylic acids is 3. The van der Waals surface area contributed by atoms with E-state index in [1.54, 1.807) is 20.8 Å². The predicted molar refractivity (Wildman–Crippen MR) is 61.7 cm³/mol. The lowest BCUT2D eigenvalue weighted by molar-refractivity contribution is -0.135. The number of piperidine rings is 1. The van der Waals surface area contributed by atoms with Gasteiger partial charge in [-0.15, -0.1) is 0 Å². The van der Waals surface area contributed by atoms with E-state index in [2.05, 4.69) is 0 Å². The van der Waals surface area contributed by atoms with Gasteiger partial charge in [0.15, 0.2) is 17.6 Å². The Bertz CT molecular complexity index is 343. The van der Waals surface area contributed by atoms with E-state index >= 15 is 0 Å². The van der Waals surface area contributed by atoms with Crippen molar-refractivity contribution >= 4 is 17.7 Å². The minimum Gasteiger partial charge on any atom is -0.444 e. The highest BCUT2D eigenvalue weighted by Gasteiger charge is 2.38. The molecule has 96 valence electrons. The summed E-state index contributed by atoms with van der Waals surface area (Å²) in [6.07, 6.45) is 0.344. The molecule has 1 aliphatic rings. The van der Waals surface area contributed by atoms with Gasteiger partial charge in [0.25, 0.3) is 0 Å². The second-order valence-electron chi connectivity index (χ2n) is 5.26. The second-order valence-corrected chi connectivity index (χ2v) is 5.26. The topological polar surface area (TPSA) is 63.7 Å². The molecular weight excluding hydrogens is 222 g/mol. The van der Waals surface area contributed by atoms with Crippen LogP contribution in [0.25, 0.3) is 0 Å². The van der Waals surface area contributed by atoms with Crippen LogP contribution in [-0.2, 0) is 14.3 Å². The molecule has 1 atom stereocenters. The number of ketones is 2. The van der Waals surface area contributed by atoms with E-state index in [0.29, 0.717) is 19.4 Å². The minimum atomic E-state index is -0.960. The molecule has 1 aliphatic heterocycles. The Balaban J connectivity index is 2.83. The third-order valence-corrected chi connectivity index (χ3v) is 2.45. The Hall–Kier alpha value is -1.39. The van der Waals surface area contributed by atoms with Crippen LogP contribution < -0.4 is 0 Å². The average molecular weight is 241 g/mol. The third kappa shape index (κ3) is 3.54. The molecule has 5 heteroatoms. The first kappa shape index (κ1) is 13.7. The molecule has 1 saturated heterocycles. The van der Waals surface area contributed by atoms with Crippen LogP contribution in [0.4, 0.5) is 4.79 Å². The number of ether oxygens (including phenoxy) is 1. The molecule has 0 bridgehead atoms. The maximum absolute atomic E-state index is 11.9. The molecule has 0 aromatic rings. The van der Waals surface area contributed by atoms with Gasteiger partial charge in [-0.2, -0.15) is 0 Å². The Kier molecular flexibility index (Phi) is 3.91. The van der Waals surface area contributed by atoms with Crippen molar-refractivity contribution < 1.29 is 19.1 Å². The van der Waals surface area contributed by atoms with Gasteiger partial charge in [0.05, 0.1) is 0 Å². The van der Waals surface area contributed by atoms with Crippen LogP contribution in [0.2, 0.25) is 0 Å². The molecule has 5 nitrogen and oxygen atoms in total. The first-order chi connectivity index (χ1) is 7.72. The van der Waals surface area contributed by atoms with E-state index in [4.69, 9.17) is 4.74 Å². The number of Topliss-reactive ketones (excluding diaryl/α,β-unsaturated/α-hetero) is 2. The lowest BCUT2D eigenvalue weighted by atomic mass is 9.98. The van der Waals surface area contributed by atoms with E-state index in [9.17, 15) is 14.4 Å². The lowest BCUT2D eigenvalue weighted by Gasteiger charge is -2.34. The van der Waals surface area contributed by atoms with Crippen LogP contribution in [0, 0.1) is 0 Å². The summed E-state index contributed by atoms with van der Waals surface area (Å²) in [6, 6.07) is -0.960. The molecule has 0 N–H and O–H groups in total. The number of rotatable bonds is 1. The molecule has 0 saturated carbocycles. The SMILES string of the molecule is CC(=O)C1C(=O)CCCN1C(=O)OC(C)(C)C.